The molecule has 3 aromatic rings. The summed E-state index contributed by atoms with van der Waals surface area (Å²) in [6.07, 6.45) is 1.58. The molecule has 0 bridgehead atoms. The van der Waals surface area contributed by atoms with E-state index >= 15 is 0 Å². The summed E-state index contributed by atoms with van der Waals surface area (Å²) in [5, 5.41) is 0. The van der Waals surface area contributed by atoms with Gasteiger partial charge in [0, 0.05) is 12.5 Å². The van der Waals surface area contributed by atoms with Crippen LogP contribution < -0.4 is 14.2 Å². The van der Waals surface area contributed by atoms with Crippen LogP contribution in [0.25, 0.3) is 0 Å². The molecule has 9 nitrogen and oxygen atoms in total. The van der Waals surface area contributed by atoms with E-state index in [1.54, 1.807) is 31.2 Å². The van der Waals surface area contributed by atoms with Crippen LogP contribution in [0.15, 0.2) is 85.5 Å². The highest BCUT2D eigenvalue weighted by atomic mass is 16.6. The summed E-state index contributed by atoms with van der Waals surface area (Å²) in [6, 6.07) is 18.4. The fraction of sp³-hybridized carbons (Fsp3) is 0.172. The summed E-state index contributed by atoms with van der Waals surface area (Å²) < 4.78 is 26.2. The molecule has 0 atom stereocenters. The molecule has 0 unspecified atom stereocenters. The van der Waals surface area contributed by atoms with Crippen LogP contribution in [-0.2, 0) is 14.3 Å². The van der Waals surface area contributed by atoms with Crippen LogP contribution in [0, 0.1) is 0 Å². The van der Waals surface area contributed by atoms with Crippen LogP contribution in [0.1, 0.15) is 44.4 Å². The monoisotopic (exact) mass is 518 g/mol. The molecule has 0 saturated carbocycles. The minimum Gasteiger partial charge on any atom is -0.493 e. The second kappa shape index (κ2) is 14.0. The summed E-state index contributed by atoms with van der Waals surface area (Å²) in [6.45, 7) is 5.79. The van der Waals surface area contributed by atoms with E-state index in [-0.39, 0.29) is 35.8 Å². The van der Waals surface area contributed by atoms with Gasteiger partial charge in [-0.2, -0.15) is 0 Å². The number of hydrogen-bond donors (Lipinski definition) is 0. The predicted molar refractivity (Wildman–Crippen MR) is 136 cm³/mol. The fourth-order valence-corrected chi connectivity index (χ4v) is 3.09. The first-order valence-corrected chi connectivity index (χ1v) is 11.7. The zero-order valence-electron chi connectivity index (χ0n) is 20.7. The average molecular weight is 519 g/mol. The lowest BCUT2D eigenvalue weighted by Crippen LogP contribution is -2.14. The normalized spacial score (nSPS) is 10.1. The number of benzene rings is 3. The minimum absolute atomic E-state index is 0.0278. The molecule has 0 N–H and O–H groups in total. The van der Waals surface area contributed by atoms with Gasteiger partial charge in [0.05, 0.1) is 30.9 Å². The second-order valence-corrected chi connectivity index (χ2v) is 7.62. The first-order chi connectivity index (χ1) is 18.4. The van der Waals surface area contributed by atoms with Crippen LogP contribution in [0.5, 0.6) is 17.2 Å². The van der Waals surface area contributed by atoms with Gasteiger partial charge in [-0.3, -0.25) is 0 Å². The van der Waals surface area contributed by atoms with Crippen molar-refractivity contribution < 1.29 is 42.9 Å². The largest absolute Gasteiger partial charge is 0.493 e. The number of rotatable bonds is 12. The number of carbonyl (C=O) groups excluding carboxylic acids is 4. The average Bonchev–Trinajstić information content (AvgIpc) is 2.93. The van der Waals surface area contributed by atoms with Crippen molar-refractivity contribution in [2.45, 2.75) is 13.3 Å². The Bertz CT molecular complexity index is 1280. The molecule has 0 aliphatic rings. The lowest BCUT2D eigenvalue weighted by Gasteiger charge is -2.11. The molecule has 3 rings (SSSR count). The highest BCUT2D eigenvalue weighted by Gasteiger charge is 2.18. The number of ether oxygens (including phenoxy) is 5. The lowest BCUT2D eigenvalue weighted by atomic mass is 10.2. The van der Waals surface area contributed by atoms with E-state index in [4.69, 9.17) is 23.7 Å². The third kappa shape index (κ3) is 8.06. The fourth-order valence-electron chi connectivity index (χ4n) is 3.09. The zero-order valence-corrected chi connectivity index (χ0v) is 20.7. The maximum atomic E-state index is 12.8. The van der Waals surface area contributed by atoms with Crippen LogP contribution >= 0.6 is 0 Å². The van der Waals surface area contributed by atoms with Gasteiger partial charge in [0.25, 0.3) is 0 Å². The topological polar surface area (TPSA) is 114 Å². The molecular weight excluding hydrogens is 492 g/mol. The summed E-state index contributed by atoms with van der Waals surface area (Å²) in [5.41, 5.74) is 0.619. The Labute approximate surface area is 219 Å². The molecule has 0 fully saturated rings. The SMILES string of the molecule is C=CC(=O)OCCCOc1ccc(C(=O)Oc2ccccc2C(=O)Oc2ccc(C(=O)OCC)cc2)cc1. The Hall–Kier alpha value is -4.92. The van der Waals surface area contributed by atoms with Crippen LogP contribution in [-0.4, -0.2) is 43.7 Å². The van der Waals surface area contributed by atoms with Crippen LogP contribution in [0.3, 0.4) is 0 Å². The molecule has 0 saturated heterocycles. The van der Waals surface area contributed by atoms with Crippen molar-refractivity contribution in [2.24, 2.45) is 0 Å². The van der Waals surface area contributed by atoms with Gasteiger partial charge in [-0.25, -0.2) is 19.2 Å². The first kappa shape index (κ1) is 27.7. The first-order valence-electron chi connectivity index (χ1n) is 11.7. The highest BCUT2D eigenvalue weighted by molar-refractivity contribution is 5.97. The van der Waals surface area contributed by atoms with Crippen molar-refractivity contribution in [1.82, 2.24) is 0 Å². The minimum atomic E-state index is -0.736. The molecule has 38 heavy (non-hydrogen) atoms. The molecule has 0 amide bonds. The zero-order chi connectivity index (χ0) is 27.3. The molecule has 0 aliphatic carbocycles. The van der Waals surface area contributed by atoms with Crippen LogP contribution in [0.2, 0.25) is 0 Å². The molecule has 0 aliphatic heterocycles. The van der Waals surface area contributed by atoms with Gasteiger partial charge in [0.15, 0.2) is 0 Å². The molecule has 0 heterocycles. The van der Waals surface area contributed by atoms with Crippen molar-refractivity contribution in [3.63, 3.8) is 0 Å². The molecule has 196 valence electrons. The van der Waals surface area contributed by atoms with Gasteiger partial charge in [0.1, 0.15) is 22.8 Å². The van der Waals surface area contributed by atoms with Crippen molar-refractivity contribution in [3.8, 4) is 17.2 Å². The molecule has 0 radical (unpaired) electrons. The lowest BCUT2D eigenvalue weighted by molar-refractivity contribution is -0.137. The van der Waals surface area contributed by atoms with Gasteiger partial charge in [-0.05, 0) is 67.6 Å². The summed E-state index contributed by atoms with van der Waals surface area (Å²) >= 11 is 0. The van der Waals surface area contributed by atoms with E-state index in [2.05, 4.69) is 6.58 Å². The Morgan fingerprint density at radius 2 is 1.34 bits per heavy atom. The Balaban J connectivity index is 1.57. The Morgan fingerprint density at radius 1 is 0.711 bits per heavy atom. The maximum Gasteiger partial charge on any atom is 0.347 e. The van der Waals surface area contributed by atoms with Gasteiger partial charge >= 0.3 is 23.9 Å². The van der Waals surface area contributed by atoms with E-state index in [9.17, 15) is 19.2 Å². The molecule has 9 heteroatoms. The number of para-hydroxylation sites is 1. The number of hydrogen-bond acceptors (Lipinski definition) is 9. The van der Waals surface area contributed by atoms with E-state index in [0.29, 0.717) is 24.3 Å². The Kier molecular flexibility index (Phi) is 10.2. The van der Waals surface area contributed by atoms with Crippen molar-refractivity contribution in [1.29, 1.82) is 0 Å². The summed E-state index contributed by atoms with van der Waals surface area (Å²) in [4.78, 5) is 48.2. The van der Waals surface area contributed by atoms with E-state index < -0.39 is 23.9 Å². The summed E-state index contributed by atoms with van der Waals surface area (Å²) in [5.74, 6) is -1.62. The van der Waals surface area contributed by atoms with Gasteiger partial charge in [-0.1, -0.05) is 18.7 Å². The van der Waals surface area contributed by atoms with Crippen molar-refractivity contribution in [2.75, 3.05) is 19.8 Å². The van der Waals surface area contributed by atoms with Gasteiger partial charge in [-0.15, -0.1) is 0 Å². The van der Waals surface area contributed by atoms with E-state index in [1.807, 2.05) is 0 Å². The van der Waals surface area contributed by atoms with E-state index in [1.165, 1.54) is 48.5 Å². The molecule has 0 aromatic heterocycles. The van der Waals surface area contributed by atoms with Crippen molar-refractivity contribution >= 4 is 23.9 Å². The highest BCUT2D eigenvalue weighted by Crippen LogP contribution is 2.23. The van der Waals surface area contributed by atoms with Crippen molar-refractivity contribution in [3.05, 3.63) is 102 Å². The predicted octanol–water partition coefficient (Wildman–Crippen LogP) is 4.80. The second-order valence-electron chi connectivity index (χ2n) is 7.62. The summed E-state index contributed by atoms with van der Waals surface area (Å²) in [7, 11) is 0. The van der Waals surface area contributed by atoms with E-state index in [0.717, 1.165) is 6.08 Å². The molecule has 3 aromatic carbocycles. The standard InChI is InChI=1S/C29H26O9/c1-3-26(30)36-19-7-18-35-22-14-10-21(11-15-22)28(32)38-25-9-6-5-8-24(25)29(33)37-23-16-12-20(13-17-23)27(31)34-4-2/h3,5-6,8-17H,1,4,7,18-19H2,2H3. The maximum absolute atomic E-state index is 12.8. The molecular formula is C29H26O9. The van der Waals surface area contributed by atoms with Gasteiger partial charge in [0.2, 0.25) is 0 Å². The quantitative estimate of drug-likeness (QED) is 0.144. The van der Waals surface area contributed by atoms with Crippen LogP contribution in [0.4, 0.5) is 0 Å². The number of esters is 4. The van der Waals surface area contributed by atoms with Gasteiger partial charge < -0.3 is 23.7 Å². The molecule has 0 spiro atoms. The number of carbonyl (C=O) groups is 4. The third-order valence-corrected chi connectivity index (χ3v) is 4.94. The Morgan fingerprint density at radius 3 is 2.00 bits per heavy atom. The smallest absolute Gasteiger partial charge is 0.347 e. The third-order valence-electron chi connectivity index (χ3n) is 4.94.